The van der Waals surface area contributed by atoms with Gasteiger partial charge in [-0.2, -0.15) is 0 Å². The molecule has 18 heavy (non-hydrogen) atoms. The minimum absolute atomic E-state index is 0.0730. The topological polar surface area (TPSA) is 78.5 Å². The molecular weight excluding hydrogens is 234 g/mol. The summed E-state index contributed by atoms with van der Waals surface area (Å²) in [6.45, 7) is 3.85. The van der Waals surface area contributed by atoms with Crippen molar-refractivity contribution in [2.24, 2.45) is 0 Å². The Hall–Kier alpha value is -2.30. The van der Waals surface area contributed by atoms with Crippen LogP contribution < -0.4 is 15.2 Å². The maximum Gasteiger partial charge on any atom is 0.251 e. The fourth-order valence-electron chi connectivity index (χ4n) is 1.27. The Morgan fingerprint density at radius 1 is 1.33 bits per heavy atom. The van der Waals surface area contributed by atoms with Gasteiger partial charge in [-0.3, -0.25) is 4.79 Å². The van der Waals surface area contributed by atoms with Crippen molar-refractivity contribution >= 4 is 17.6 Å². The molecule has 0 spiro atoms. The van der Waals surface area contributed by atoms with Gasteiger partial charge in [-0.25, -0.2) is 0 Å². The summed E-state index contributed by atoms with van der Waals surface area (Å²) in [6, 6.07) is 6.79. The third-order valence-corrected chi connectivity index (χ3v) is 2.12. The van der Waals surface area contributed by atoms with E-state index in [-0.39, 0.29) is 5.57 Å². The smallest absolute Gasteiger partial charge is 0.251 e. The lowest BCUT2D eigenvalue weighted by Gasteiger charge is -2.07. The van der Waals surface area contributed by atoms with E-state index in [4.69, 9.17) is 4.74 Å². The Bertz CT molecular complexity index is 462. The second-order valence-corrected chi connectivity index (χ2v) is 3.56. The van der Waals surface area contributed by atoms with Crippen LogP contribution >= 0.6 is 0 Å². The maximum atomic E-state index is 11.6. The summed E-state index contributed by atoms with van der Waals surface area (Å²) in [5.74, 6) is -1.17. The van der Waals surface area contributed by atoms with E-state index >= 15 is 0 Å². The lowest BCUT2D eigenvalue weighted by molar-refractivity contribution is -0.297. The number of aliphatic carboxylic acids is 1. The highest BCUT2D eigenvalue weighted by Crippen LogP contribution is 2.16. The molecule has 5 nitrogen and oxygen atoms in total. The summed E-state index contributed by atoms with van der Waals surface area (Å²) >= 11 is 0. The summed E-state index contributed by atoms with van der Waals surface area (Å²) in [6.07, 6.45) is 0.754. The number of carbonyl (C=O) groups excluding carboxylic acids is 2. The van der Waals surface area contributed by atoms with E-state index in [1.54, 1.807) is 24.3 Å². The number of hydrogen-bond acceptors (Lipinski definition) is 4. The molecule has 0 fully saturated rings. The Kier molecular flexibility index (Phi) is 4.92. The maximum absolute atomic E-state index is 11.6. The predicted molar refractivity (Wildman–Crippen MR) is 65.0 cm³/mol. The van der Waals surface area contributed by atoms with E-state index in [1.807, 2.05) is 6.92 Å². The Labute approximate surface area is 105 Å². The van der Waals surface area contributed by atoms with Crippen LogP contribution in [0.2, 0.25) is 0 Å². The van der Waals surface area contributed by atoms with Crippen LogP contribution in [0.25, 0.3) is 0 Å². The standard InChI is InChI=1S/C13H15NO4/c1-3-18-11-6-4-10(5-7-11)14-13(17)9(2)8-12(15)16/h4-8H,3H2,1-2H3,(H,14,17)(H,15,16)/p-1/b9-8-. The summed E-state index contributed by atoms with van der Waals surface area (Å²) in [4.78, 5) is 21.9. The average molecular weight is 248 g/mol. The first-order chi connectivity index (χ1) is 8.52. The Balaban J connectivity index is 2.67. The van der Waals surface area contributed by atoms with Gasteiger partial charge >= 0.3 is 0 Å². The zero-order valence-electron chi connectivity index (χ0n) is 10.2. The van der Waals surface area contributed by atoms with E-state index in [1.165, 1.54) is 6.92 Å². The van der Waals surface area contributed by atoms with Crippen LogP contribution in [0.4, 0.5) is 5.69 Å². The summed E-state index contributed by atoms with van der Waals surface area (Å²) in [7, 11) is 0. The first-order valence-electron chi connectivity index (χ1n) is 5.46. The van der Waals surface area contributed by atoms with Crippen LogP contribution in [-0.2, 0) is 9.59 Å². The molecule has 0 aliphatic rings. The fourth-order valence-corrected chi connectivity index (χ4v) is 1.27. The van der Waals surface area contributed by atoms with Gasteiger partial charge in [0.2, 0.25) is 0 Å². The number of nitrogens with one attached hydrogen (secondary N) is 1. The summed E-state index contributed by atoms with van der Waals surface area (Å²) in [5, 5.41) is 12.9. The molecule has 96 valence electrons. The van der Waals surface area contributed by atoms with Crippen molar-refractivity contribution in [3.63, 3.8) is 0 Å². The number of carboxylic acids is 1. The lowest BCUT2D eigenvalue weighted by atomic mass is 10.2. The number of hydrogen-bond donors (Lipinski definition) is 1. The third kappa shape index (κ3) is 4.29. The number of carbonyl (C=O) groups is 2. The van der Waals surface area contributed by atoms with E-state index in [2.05, 4.69) is 5.32 Å². The number of anilines is 1. The molecule has 0 atom stereocenters. The van der Waals surface area contributed by atoms with E-state index < -0.39 is 11.9 Å². The minimum Gasteiger partial charge on any atom is -0.545 e. The SMILES string of the molecule is CCOc1ccc(NC(=O)/C(C)=C\C(=O)[O-])cc1. The molecule has 0 bridgehead atoms. The van der Waals surface area contributed by atoms with Gasteiger partial charge in [0.25, 0.3) is 5.91 Å². The van der Waals surface area contributed by atoms with Gasteiger partial charge in [-0.1, -0.05) is 0 Å². The summed E-state index contributed by atoms with van der Waals surface area (Å²) < 4.78 is 5.26. The minimum atomic E-state index is -1.39. The molecule has 0 aromatic heterocycles. The molecular formula is C13H14NO4-. The molecule has 1 N–H and O–H groups in total. The van der Waals surface area contributed by atoms with Crippen molar-refractivity contribution in [3.05, 3.63) is 35.9 Å². The van der Waals surface area contributed by atoms with Crippen LogP contribution in [0.15, 0.2) is 35.9 Å². The second kappa shape index (κ2) is 6.44. The monoisotopic (exact) mass is 248 g/mol. The van der Waals surface area contributed by atoms with Crippen molar-refractivity contribution in [2.75, 3.05) is 11.9 Å². The van der Waals surface area contributed by atoms with Gasteiger partial charge in [0.05, 0.1) is 12.6 Å². The normalized spacial score (nSPS) is 10.9. The molecule has 1 rings (SSSR count). The first kappa shape index (κ1) is 13.8. The number of carboxylic acid groups (broad SMARTS) is 1. The molecule has 1 aromatic carbocycles. The first-order valence-corrected chi connectivity index (χ1v) is 5.46. The third-order valence-electron chi connectivity index (χ3n) is 2.12. The number of rotatable bonds is 5. The molecule has 0 radical (unpaired) electrons. The van der Waals surface area contributed by atoms with Crippen LogP contribution in [0.5, 0.6) is 5.75 Å². The van der Waals surface area contributed by atoms with Gasteiger partial charge < -0.3 is 20.0 Å². The van der Waals surface area contributed by atoms with E-state index in [0.717, 1.165) is 6.08 Å². The van der Waals surface area contributed by atoms with Gasteiger partial charge in [-0.15, -0.1) is 0 Å². The van der Waals surface area contributed by atoms with Crippen LogP contribution in [0, 0.1) is 0 Å². The van der Waals surface area contributed by atoms with Crippen LogP contribution in [-0.4, -0.2) is 18.5 Å². The highest BCUT2D eigenvalue weighted by Gasteiger charge is 2.04. The average Bonchev–Trinajstić information content (AvgIpc) is 2.31. The molecule has 5 heteroatoms. The van der Waals surface area contributed by atoms with Gasteiger partial charge in [0.1, 0.15) is 5.75 Å². The highest BCUT2D eigenvalue weighted by atomic mass is 16.5. The van der Waals surface area contributed by atoms with Crippen molar-refractivity contribution in [1.29, 1.82) is 0 Å². The Morgan fingerprint density at radius 2 is 1.94 bits per heavy atom. The quantitative estimate of drug-likeness (QED) is 0.779. The number of amides is 1. The predicted octanol–water partition coefficient (Wildman–Crippen LogP) is 0.720. The number of benzene rings is 1. The molecule has 0 saturated carbocycles. The van der Waals surface area contributed by atoms with Gasteiger partial charge in [-0.05, 0) is 44.2 Å². The molecule has 0 aliphatic carbocycles. The summed E-state index contributed by atoms with van der Waals surface area (Å²) in [5.41, 5.74) is 0.637. The Morgan fingerprint density at radius 3 is 2.44 bits per heavy atom. The highest BCUT2D eigenvalue weighted by molar-refractivity contribution is 6.06. The fraction of sp³-hybridized carbons (Fsp3) is 0.231. The molecule has 1 amide bonds. The van der Waals surface area contributed by atoms with E-state index in [0.29, 0.717) is 18.0 Å². The van der Waals surface area contributed by atoms with Crippen LogP contribution in [0.3, 0.4) is 0 Å². The van der Waals surface area contributed by atoms with Crippen molar-refractivity contribution in [1.82, 2.24) is 0 Å². The van der Waals surface area contributed by atoms with Gasteiger partial charge in [0, 0.05) is 11.3 Å². The zero-order valence-corrected chi connectivity index (χ0v) is 10.2. The zero-order chi connectivity index (χ0) is 13.5. The van der Waals surface area contributed by atoms with Crippen molar-refractivity contribution in [2.45, 2.75) is 13.8 Å². The lowest BCUT2D eigenvalue weighted by Crippen LogP contribution is -2.22. The van der Waals surface area contributed by atoms with Gasteiger partial charge in [0.15, 0.2) is 0 Å². The molecule has 1 aromatic rings. The molecule has 0 saturated heterocycles. The van der Waals surface area contributed by atoms with Crippen LogP contribution in [0.1, 0.15) is 13.8 Å². The molecule has 0 unspecified atom stereocenters. The van der Waals surface area contributed by atoms with Crippen molar-refractivity contribution < 1.29 is 19.4 Å². The second-order valence-electron chi connectivity index (χ2n) is 3.56. The van der Waals surface area contributed by atoms with Crippen molar-refractivity contribution in [3.8, 4) is 5.75 Å². The largest absolute Gasteiger partial charge is 0.545 e. The van der Waals surface area contributed by atoms with E-state index in [9.17, 15) is 14.7 Å². The number of ether oxygens (including phenoxy) is 1. The molecule has 0 heterocycles. The molecule has 0 aliphatic heterocycles.